The molecule has 35 heavy (non-hydrogen) atoms. The van der Waals surface area contributed by atoms with E-state index in [2.05, 4.69) is 10.6 Å². The van der Waals surface area contributed by atoms with Crippen molar-refractivity contribution in [3.05, 3.63) is 63.6 Å². The molecule has 0 bridgehead atoms. The van der Waals surface area contributed by atoms with Gasteiger partial charge in [0.2, 0.25) is 15.9 Å². The summed E-state index contributed by atoms with van der Waals surface area (Å²) in [6.45, 7) is 1.48. The molecular weight excluding hydrogens is 513 g/mol. The molecule has 1 fully saturated rings. The Morgan fingerprint density at radius 1 is 1.09 bits per heavy atom. The molecule has 3 rings (SSSR count). The number of carbonyl (C=O) groups is 2. The average molecular weight is 542 g/mol. The van der Waals surface area contributed by atoms with Gasteiger partial charge in [0.25, 0.3) is 5.91 Å². The molecule has 11 heteroatoms. The number of amides is 2. The molecule has 0 spiro atoms. The number of hydrogen-bond acceptors (Lipinski definition) is 5. The smallest absolute Gasteiger partial charge is 0.253 e. The lowest BCUT2D eigenvalue weighted by Gasteiger charge is -2.30. The van der Waals surface area contributed by atoms with E-state index in [0.717, 1.165) is 0 Å². The van der Waals surface area contributed by atoms with E-state index in [1.165, 1.54) is 4.31 Å². The molecule has 0 unspecified atom stereocenters. The van der Waals surface area contributed by atoms with Crippen LogP contribution in [0.3, 0.4) is 0 Å². The number of para-hydroxylation sites is 1. The van der Waals surface area contributed by atoms with Crippen LogP contribution in [-0.2, 0) is 25.3 Å². The maximum Gasteiger partial charge on any atom is 0.253 e. The number of benzene rings is 2. The molecule has 8 nitrogen and oxygen atoms in total. The fourth-order valence-electron chi connectivity index (χ4n) is 3.87. The Kier molecular flexibility index (Phi) is 9.94. The van der Waals surface area contributed by atoms with Crippen LogP contribution < -0.4 is 10.6 Å². The first-order chi connectivity index (χ1) is 16.7. The molecule has 0 radical (unpaired) electrons. The highest BCUT2D eigenvalue weighted by Gasteiger charge is 2.31. The van der Waals surface area contributed by atoms with E-state index in [1.807, 2.05) is 0 Å². The lowest BCUT2D eigenvalue weighted by molar-refractivity contribution is -0.120. The van der Waals surface area contributed by atoms with Gasteiger partial charge in [-0.25, -0.2) is 12.7 Å². The predicted molar refractivity (Wildman–Crippen MR) is 137 cm³/mol. The quantitative estimate of drug-likeness (QED) is 0.443. The van der Waals surface area contributed by atoms with E-state index < -0.39 is 10.0 Å². The third-order valence-electron chi connectivity index (χ3n) is 5.79. The van der Waals surface area contributed by atoms with Crippen molar-refractivity contribution in [2.75, 3.05) is 38.7 Å². The van der Waals surface area contributed by atoms with Crippen molar-refractivity contribution in [3.63, 3.8) is 0 Å². The molecule has 1 saturated heterocycles. The number of nitrogens with zero attached hydrogens (tertiary/aromatic N) is 1. The molecular formula is C24H29Cl2N3O5S. The molecule has 2 aromatic rings. The number of carbonyl (C=O) groups excluding carboxylic acids is 2. The maximum atomic E-state index is 12.9. The van der Waals surface area contributed by atoms with Gasteiger partial charge in [-0.15, -0.1) is 0 Å². The minimum Gasteiger partial charge on any atom is -0.385 e. The van der Waals surface area contributed by atoms with Crippen molar-refractivity contribution in [3.8, 4) is 0 Å². The molecule has 0 atom stereocenters. The second kappa shape index (κ2) is 12.7. The first kappa shape index (κ1) is 27.4. The van der Waals surface area contributed by atoms with Crippen LogP contribution in [0.15, 0.2) is 42.5 Å². The van der Waals surface area contributed by atoms with Crippen LogP contribution in [0.25, 0.3) is 0 Å². The number of rotatable bonds is 10. The summed E-state index contributed by atoms with van der Waals surface area (Å²) in [4.78, 5) is 25.4. The first-order valence-corrected chi connectivity index (χ1v) is 13.7. The molecule has 1 aliphatic rings. The summed E-state index contributed by atoms with van der Waals surface area (Å²) in [7, 11) is -1.97. The van der Waals surface area contributed by atoms with Gasteiger partial charge in [-0.3, -0.25) is 9.59 Å². The standard InChI is InChI=1S/C24H29Cl2N3O5S/c1-34-14-4-11-27-24(31)19-5-2-3-6-22(19)28-23(30)18-9-12-29(13-10-18)35(32,33)16-17-7-8-20(25)21(26)15-17/h2-3,5-8,15,18H,4,9-14,16H2,1H3,(H,27,31)(H,28,30). The van der Waals surface area contributed by atoms with Crippen molar-refractivity contribution in [1.82, 2.24) is 9.62 Å². The number of hydrogen-bond donors (Lipinski definition) is 2. The molecule has 190 valence electrons. The zero-order valence-corrected chi connectivity index (χ0v) is 21.8. The maximum absolute atomic E-state index is 12.9. The van der Waals surface area contributed by atoms with Crippen LogP contribution in [-0.4, -0.2) is 57.9 Å². The second-order valence-corrected chi connectivity index (χ2v) is 11.1. The van der Waals surface area contributed by atoms with Crippen molar-refractivity contribution < 1.29 is 22.7 Å². The van der Waals surface area contributed by atoms with Gasteiger partial charge in [0.05, 0.1) is 27.0 Å². The lowest BCUT2D eigenvalue weighted by atomic mass is 9.97. The van der Waals surface area contributed by atoms with E-state index in [-0.39, 0.29) is 36.6 Å². The van der Waals surface area contributed by atoms with Crippen molar-refractivity contribution >= 4 is 50.7 Å². The molecule has 1 heterocycles. The summed E-state index contributed by atoms with van der Waals surface area (Å²) >= 11 is 11.9. The normalized spacial score (nSPS) is 15.1. The molecule has 0 aromatic heterocycles. The number of anilines is 1. The Bertz CT molecular complexity index is 1150. The van der Waals surface area contributed by atoms with E-state index >= 15 is 0 Å². The van der Waals surface area contributed by atoms with E-state index in [1.54, 1.807) is 49.6 Å². The summed E-state index contributed by atoms with van der Waals surface area (Å²) in [6, 6.07) is 11.6. The van der Waals surface area contributed by atoms with Crippen LogP contribution >= 0.6 is 23.2 Å². The highest BCUT2D eigenvalue weighted by molar-refractivity contribution is 7.88. The molecule has 1 aliphatic heterocycles. The molecule has 2 N–H and O–H groups in total. The predicted octanol–water partition coefficient (Wildman–Crippen LogP) is 3.94. The Morgan fingerprint density at radius 3 is 2.49 bits per heavy atom. The fraction of sp³-hybridized carbons (Fsp3) is 0.417. The molecule has 0 aliphatic carbocycles. The highest BCUT2D eigenvalue weighted by atomic mass is 35.5. The average Bonchev–Trinajstić information content (AvgIpc) is 2.84. The Morgan fingerprint density at radius 2 is 1.80 bits per heavy atom. The van der Waals surface area contributed by atoms with E-state index in [4.69, 9.17) is 27.9 Å². The summed E-state index contributed by atoms with van der Waals surface area (Å²) in [5.41, 5.74) is 1.35. The van der Waals surface area contributed by atoms with Crippen LogP contribution in [0.2, 0.25) is 10.0 Å². The summed E-state index contributed by atoms with van der Waals surface area (Å²) in [5.74, 6) is -1.05. The Balaban J connectivity index is 1.56. The third kappa shape index (κ3) is 7.65. The van der Waals surface area contributed by atoms with Crippen LogP contribution in [0.1, 0.15) is 35.2 Å². The van der Waals surface area contributed by atoms with Gasteiger partial charge in [-0.1, -0.05) is 41.4 Å². The zero-order valence-electron chi connectivity index (χ0n) is 19.4. The summed E-state index contributed by atoms with van der Waals surface area (Å²) in [6.07, 6.45) is 1.46. The number of nitrogens with one attached hydrogen (secondary N) is 2. The van der Waals surface area contributed by atoms with Gasteiger partial charge in [0, 0.05) is 39.3 Å². The number of sulfonamides is 1. The van der Waals surface area contributed by atoms with Gasteiger partial charge in [-0.2, -0.15) is 0 Å². The fourth-order valence-corrected chi connectivity index (χ4v) is 5.74. The van der Waals surface area contributed by atoms with E-state index in [0.29, 0.717) is 59.3 Å². The third-order valence-corrected chi connectivity index (χ3v) is 8.38. The number of methoxy groups -OCH3 is 1. The number of ether oxygens (including phenoxy) is 1. The number of piperidine rings is 1. The lowest BCUT2D eigenvalue weighted by Crippen LogP contribution is -2.42. The van der Waals surface area contributed by atoms with Gasteiger partial charge >= 0.3 is 0 Å². The van der Waals surface area contributed by atoms with Gasteiger partial charge in [0.1, 0.15) is 0 Å². The van der Waals surface area contributed by atoms with Crippen LogP contribution in [0.5, 0.6) is 0 Å². The second-order valence-electron chi connectivity index (χ2n) is 8.32. The van der Waals surface area contributed by atoms with Gasteiger partial charge in [-0.05, 0) is 49.1 Å². The summed E-state index contributed by atoms with van der Waals surface area (Å²) < 4.78 is 32.1. The monoisotopic (exact) mass is 541 g/mol. The molecule has 2 aromatic carbocycles. The minimum atomic E-state index is -3.57. The minimum absolute atomic E-state index is 0.187. The van der Waals surface area contributed by atoms with Crippen molar-refractivity contribution in [2.45, 2.75) is 25.0 Å². The largest absolute Gasteiger partial charge is 0.385 e. The van der Waals surface area contributed by atoms with Gasteiger partial charge < -0.3 is 15.4 Å². The van der Waals surface area contributed by atoms with Gasteiger partial charge in [0.15, 0.2) is 0 Å². The van der Waals surface area contributed by atoms with E-state index in [9.17, 15) is 18.0 Å². The van der Waals surface area contributed by atoms with Crippen LogP contribution in [0, 0.1) is 5.92 Å². The topological polar surface area (TPSA) is 105 Å². The SMILES string of the molecule is COCCCNC(=O)c1ccccc1NC(=O)C1CCN(S(=O)(=O)Cc2ccc(Cl)c(Cl)c2)CC1. The summed E-state index contributed by atoms with van der Waals surface area (Å²) in [5, 5.41) is 6.33. The first-order valence-electron chi connectivity index (χ1n) is 11.3. The Labute approximate surface area is 216 Å². The van der Waals surface area contributed by atoms with Crippen LogP contribution in [0.4, 0.5) is 5.69 Å². The highest BCUT2D eigenvalue weighted by Crippen LogP contribution is 2.27. The van der Waals surface area contributed by atoms with Crippen molar-refractivity contribution in [1.29, 1.82) is 0 Å². The Hall–Kier alpha value is -2.17. The number of halogens is 2. The molecule has 2 amide bonds. The van der Waals surface area contributed by atoms with Crippen molar-refractivity contribution in [2.24, 2.45) is 5.92 Å². The molecule has 0 saturated carbocycles. The zero-order chi connectivity index (χ0) is 25.4.